The molecule has 1 aliphatic rings. The maximum Gasteiger partial charge on any atom is 0.321 e. The lowest BCUT2D eigenvalue weighted by Gasteiger charge is -2.34. The molecule has 2 aromatic rings. The number of urea groups is 1. The Kier molecular flexibility index (Phi) is 12.1. The molecule has 1 saturated heterocycles. The number of hydrogen-bond acceptors (Lipinski definition) is 4. The minimum absolute atomic E-state index is 0.0824. The Bertz CT molecular complexity index is 1000. The SMILES string of the molecule is CCCCCCCNC(=O)N(C)c1cccc(-c2ccc(CC(OCC)C(=O)N3CCN(C)CC3)cc2)c1. The van der Waals surface area contributed by atoms with E-state index in [4.69, 9.17) is 4.74 Å². The molecule has 3 amide bonds. The van der Waals surface area contributed by atoms with Gasteiger partial charge in [-0.25, -0.2) is 4.79 Å². The molecule has 1 atom stereocenters. The number of anilines is 1. The second kappa shape index (κ2) is 15.5. The van der Waals surface area contributed by atoms with E-state index < -0.39 is 6.10 Å². The number of carbonyl (C=O) groups excluding carboxylic acids is 2. The Morgan fingerprint density at radius 1 is 0.947 bits per heavy atom. The van der Waals surface area contributed by atoms with Crippen molar-refractivity contribution in [1.29, 1.82) is 0 Å². The van der Waals surface area contributed by atoms with Crippen molar-refractivity contribution < 1.29 is 14.3 Å². The molecule has 1 N–H and O–H groups in total. The van der Waals surface area contributed by atoms with Crippen LogP contribution in [0.25, 0.3) is 11.1 Å². The van der Waals surface area contributed by atoms with Gasteiger partial charge in [-0.15, -0.1) is 0 Å². The Hall–Kier alpha value is -2.90. The number of likely N-dealkylation sites (N-methyl/N-ethyl adjacent to an activating group) is 1. The van der Waals surface area contributed by atoms with E-state index in [1.165, 1.54) is 19.3 Å². The number of amides is 3. The minimum Gasteiger partial charge on any atom is -0.368 e. The van der Waals surface area contributed by atoms with E-state index in [0.29, 0.717) is 19.6 Å². The molecule has 7 nitrogen and oxygen atoms in total. The van der Waals surface area contributed by atoms with Crippen molar-refractivity contribution in [1.82, 2.24) is 15.1 Å². The zero-order valence-electron chi connectivity index (χ0n) is 23.7. The molecule has 0 radical (unpaired) electrons. The maximum absolute atomic E-state index is 13.1. The number of benzene rings is 2. The number of ether oxygens (including phenoxy) is 1. The van der Waals surface area contributed by atoms with Gasteiger partial charge in [0.15, 0.2) is 0 Å². The third-order valence-corrected chi connectivity index (χ3v) is 7.26. The van der Waals surface area contributed by atoms with Crippen LogP contribution < -0.4 is 10.2 Å². The molecule has 0 bridgehead atoms. The van der Waals surface area contributed by atoms with E-state index >= 15 is 0 Å². The van der Waals surface area contributed by atoms with Crippen LogP contribution in [0.2, 0.25) is 0 Å². The molecule has 7 heteroatoms. The summed E-state index contributed by atoms with van der Waals surface area (Å²) in [5.74, 6) is 0.0824. The molecular weight excluding hydrogens is 476 g/mol. The van der Waals surface area contributed by atoms with E-state index in [1.54, 1.807) is 11.9 Å². The van der Waals surface area contributed by atoms with Crippen molar-refractivity contribution in [3.05, 3.63) is 54.1 Å². The van der Waals surface area contributed by atoms with Gasteiger partial charge in [-0.1, -0.05) is 69.0 Å². The Labute approximate surface area is 229 Å². The van der Waals surface area contributed by atoms with Gasteiger partial charge in [0, 0.05) is 58.5 Å². The normalized spacial score (nSPS) is 14.8. The van der Waals surface area contributed by atoms with Gasteiger partial charge in [0.1, 0.15) is 6.10 Å². The Morgan fingerprint density at radius 3 is 2.34 bits per heavy atom. The van der Waals surface area contributed by atoms with E-state index in [9.17, 15) is 9.59 Å². The summed E-state index contributed by atoms with van der Waals surface area (Å²) in [6.45, 7) is 8.64. The van der Waals surface area contributed by atoms with Crippen LogP contribution in [0.3, 0.4) is 0 Å². The summed E-state index contributed by atoms with van der Waals surface area (Å²) in [5, 5.41) is 3.03. The van der Waals surface area contributed by atoms with Crippen molar-refractivity contribution in [2.45, 2.75) is 58.5 Å². The van der Waals surface area contributed by atoms with E-state index in [1.807, 2.05) is 30.0 Å². The number of nitrogens with one attached hydrogen (secondary N) is 1. The van der Waals surface area contributed by atoms with Crippen LogP contribution in [0.1, 0.15) is 51.5 Å². The number of rotatable bonds is 13. The molecule has 0 aliphatic carbocycles. The number of nitrogens with zero attached hydrogens (tertiary/aromatic N) is 3. The summed E-state index contributed by atoms with van der Waals surface area (Å²) in [5.41, 5.74) is 4.03. The first-order chi connectivity index (χ1) is 18.4. The third kappa shape index (κ3) is 8.84. The zero-order chi connectivity index (χ0) is 27.3. The van der Waals surface area contributed by atoms with Gasteiger partial charge >= 0.3 is 6.03 Å². The Balaban J connectivity index is 1.59. The molecule has 3 rings (SSSR count). The Morgan fingerprint density at radius 2 is 1.66 bits per heavy atom. The molecule has 2 aromatic carbocycles. The van der Waals surface area contributed by atoms with Gasteiger partial charge in [0.25, 0.3) is 5.91 Å². The molecule has 0 saturated carbocycles. The van der Waals surface area contributed by atoms with Gasteiger partial charge < -0.3 is 19.9 Å². The predicted octanol–water partition coefficient (Wildman–Crippen LogP) is 5.19. The second-order valence-corrected chi connectivity index (χ2v) is 10.2. The lowest BCUT2D eigenvalue weighted by Crippen LogP contribution is -2.51. The summed E-state index contributed by atoms with van der Waals surface area (Å²) >= 11 is 0. The van der Waals surface area contributed by atoms with Gasteiger partial charge in [-0.2, -0.15) is 0 Å². The van der Waals surface area contributed by atoms with Crippen LogP contribution in [0.15, 0.2) is 48.5 Å². The number of unbranched alkanes of at least 4 members (excludes halogenated alkanes) is 4. The van der Waals surface area contributed by atoms with E-state index in [2.05, 4.69) is 54.5 Å². The molecule has 38 heavy (non-hydrogen) atoms. The van der Waals surface area contributed by atoms with Crippen molar-refractivity contribution in [3.63, 3.8) is 0 Å². The van der Waals surface area contributed by atoms with E-state index in [0.717, 1.165) is 61.4 Å². The molecule has 1 unspecified atom stereocenters. The van der Waals surface area contributed by atoms with Crippen molar-refractivity contribution >= 4 is 17.6 Å². The molecule has 0 aromatic heterocycles. The lowest BCUT2D eigenvalue weighted by molar-refractivity contribution is -0.145. The summed E-state index contributed by atoms with van der Waals surface area (Å²) in [6, 6.07) is 16.2. The van der Waals surface area contributed by atoms with Crippen molar-refractivity contribution in [3.8, 4) is 11.1 Å². The zero-order valence-corrected chi connectivity index (χ0v) is 23.7. The van der Waals surface area contributed by atoms with Crippen LogP contribution in [-0.2, 0) is 16.0 Å². The molecule has 208 valence electrons. The van der Waals surface area contributed by atoms with Crippen LogP contribution in [0.5, 0.6) is 0 Å². The monoisotopic (exact) mass is 522 g/mol. The van der Waals surface area contributed by atoms with Crippen LogP contribution in [0.4, 0.5) is 10.5 Å². The first-order valence-electron chi connectivity index (χ1n) is 14.2. The average Bonchev–Trinajstić information content (AvgIpc) is 2.94. The number of hydrogen-bond donors (Lipinski definition) is 1. The highest BCUT2D eigenvalue weighted by Crippen LogP contribution is 2.25. The predicted molar refractivity (Wildman–Crippen MR) is 156 cm³/mol. The topological polar surface area (TPSA) is 65.1 Å². The fourth-order valence-corrected chi connectivity index (χ4v) is 4.75. The quantitative estimate of drug-likeness (QED) is 0.368. The second-order valence-electron chi connectivity index (χ2n) is 10.2. The molecule has 1 fully saturated rings. The van der Waals surface area contributed by atoms with E-state index in [-0.39, 0.29) is 11.9 Å². The summed E-state index contributed by atoms with van der Waals surface area (Å²) in [6.07, 6.45) is 5.96. The highest BCUT2D eigenvalue weighted by atomic mass is 16.5. The number of piperazine rings is 1. The van der Waals surface area contributed by atoms with Crippen LogP contribution >= 0.6 is 0 Å². The van der Waals surface area contributed by atoms with Crippen molar-refractivity contribution in [2.24, 2.45) is 0 Å². The highest BCUT2D eigenvalue weighted by Gasteiger charge is 2.27. The molecule has 1 heterocycles. The molecule has 1 aliphatic heterocycles. The fraction of sp³-hybridized carbons (Fsp3) is 0.548. The molecule has 0 spiro atoms. The summed E-state index contributed by atoms with van der Waals surface area (Å²) in [7, 11) is 3.89. The summed E-state index contributed by atoms with van der Waals surface area (Å²) < 4.78 is 5.87. The average molecular weight is 523 g/mol. The van der Waals surface area contributed by atoms with Gasteiger partial charge in [-0.05, 0) is 49.2 Å². The third-order valence-electron chi connectivity index (χ3n) is 7.26. The van der Waals surface area contributed by atoms with Gasteiger partial charge in [-0.3, -0.25) is 9.69 Å². The first-order valence-corrected chi connectivity index (χ1v) is 14.2. The van der Waals surface area contributed by atoms with Crippen LogP contribution in [-0.4, -0.2) is 81.3 Å². The standard InChI is InChI=1S/C31H46N4O3/c1-5-7-8-9-10-18-32-31(37)34(4)28-13-11-12-27(24-28)26-16-14-25(15-17-26)23-29(38-6-2)30(36)35-21-19-33(3)20-22-35/h11-17,24,29H,5-10,18-23H2,1-4H3,(H,32,37). The first kappa shape index (κ1) is 29.7. The van der Waals surface area contributed by atoms with Crippen LogP contribution in [0, 0.1) is 0 Å². The van der Waals surface area contributed by atoms with Gasteiger partial charge in [0.2, 0.25) is 0 Å². The van der Waals surface area contributed by atoms with Crippen molar-refractivity contribution in [2.75, 3.05) is 58.3 Å². The highest BCUT2D eigenvalue weighted by molar-refractivity contribution is 5.92. The van der Waals surface area contributed by atoms with Gasteiger partial charge in [0.05, 0.1) is 0 Å². The smallest absolute Gasteiger partial charge is 0.321 e. The maximum atomic E-state index is 13.1. The molecular formula is C31H46N4O3. The minimum atomic E-state index is -0.462. The largest absolute Gasteiger partial charge is 0.368 e. The number of carbonyl (C=O) groups is 2. The fourth-order valence-electron chi connectivity index (χ4n) is 4.75. The summed E-state index contributed by atoms with van der Waals surface area (Å²) in [4.78, 5) is 31.6. The lowest BCUT2D eigenvalue weighted by atomic mass is 10.0.